The first-order chi connectivity index (χ1) is 11.7. The Morgan fingerprint density at radius 2 is 1.88 bits per heavy atom. The van der Waals surface area contributed by atoms with Crippen molar-refractivity contribution in [1.29, 1.82) is 0 Å². The summed E-state index contributed by atoms with van der Waals surface area (Å²) in [5.74, 6) is -2.93. The summed E-state index contributed by atoms with van der Waals surface area (Å²) >= 11 is 0. The standard InChI is InChI=1S/C17H21F4NO3/c1-3-4-5-6-9-25-16(24)11(2)22-15(23)13-10-12(18)7-8-14(13)17(19,20)21/h7-8,10-11H,3-6,9H2,1-2H3,(H,22,23). The van der Waals surface area contributed by atoms with Gasteiger partial charge in [0.15, 0.2) is 0 Å². The van der Waals surface area contributed by atoms with Gasteiger partial charge in [0.25, 0.3) is 5.91 Å². The van der Waals surface area contributed by atoms with E-state index in [4.69, 9.17) is 4.74 Å². The van der Waals surface area contributed by atoms with Crippen molar-refractivity contribution in [3.8, 4) is 0 Å². The number of carbonyl (C=O) groups excluding carboxylic acids is 2. The summed E-state index contributed by atoms with van der Waals surface area (Å²) in [6.07, 6.45) is -1.23. The van der Waals surface area contributed by atoms with Gasteiger partial charge >= 0.3 is 12.1 Å². The lowest BCUT2D eigenvalue weighted by Crippen LogP contribution is -2.40. The molecular weight excluding hydrogens is 342 g/mol. The molecule has 0 heterocycles. The van der Waals surface area contributed by atoms with Crippen LogP contribution >= 0.6 is 0 Å². The lowest BCUT2D eigenvalue weighted by Gasteiger charge is -2.16. The Kier molecular flexibility index (Phi) is 7.86. The van der Waals surface area contributed by atoms with Crippen molar-refractivity contribution in [2.45, 2.75) is 51.7 Å². The molecule has 0 radical (unpaired) electrons. The molecule has 0 saturated carbocycles. The molecule has 1 N–H and O–H groups in total. The van der Waals surface area contributed by atoms with Crippen molar-refractivity contribution >= 4 is 11.9 Å². The van der Waals surface area contributed by atoms with Crippen LogP contribution in [0, 0.1) is 5.82 Å². The van der Waals surface area contributed by atoms with Gasteiger partial charge in [0.2, 0.25) is 0 Å². The van der Waals surface area contributed by atoms with Crippen molar-refractivity contribution in [1.82, 2.24) is 5.32 Å². The van der Waals surface area contributed by atoms with Crippen LogP contribution in [0.15, 0.2) is 18.2 Å². The van der Waals surface area contributed by atoms with E-state index < -0.39 is 41.0 Å². The summed E-state index contributed by atoms with van der Waals surface area (Å²) in [5, 5.41) is 2.11. The number of hydrogen-bond acceptors (Lipinski definition) is 3. The number of amides is 1. The zero-order chi connectivity index (χ0) is 19.0. The van der Waals surface area contributed by atoms with Crippen LogP contribution in [0.4, 0.5) is 17.6 Å². The molecule has 0 aliphatic heterocycles. The van der Waals surface area contributed by atoms with Crippen LogP contribution in [0.3, 0.4) is 0 Å². The molecule has 8 heteroatoms. The zero-order valence-corrected chi connectivity index (χ0v) is 14.1. The van der Waals surface area contributed by atoms with E-state index in [0.717, 1.165) is 19.3 Å². The molecule has 1 aromatic rings. The second-order valence-corrected chi connectivity index (χ2v) is 5.61. The highest BCUT2D eigenvalue weighted by Gasteiger charge is 2.36. The number of carbonyl (C=O) groups is 2. The topological polar surface area (TPSA) is 55.4 Å². The Hall–Kier alpha value is -2.12. The second kappa shape index (κ2) is 9.39. The summed E-state index contributed by atoms with van der Waals surface area (Å²) in [4.78, 5) is 23.8. The third kappa shape index (κ3) is 6.72. The minimum absolute atomic E-state index is 0.173. The van der Waals surface area contributed by atoms with Crippen molar-refractivity contribution in [3.63, 3.8) is 0 Å². The largest absolute Gasteiger partial charge is 0.464 e. The molecule has 1 amide bonds. The molecule has 0 bridgehead atoms. The van der Waals surface area contributed by atoms with Gasteiger partial charge in [-0.2, -0.15) is 13.2 Å². The van der Waals surface area contributed by atoms with Gasteiger partial charge in [0.1, 0.15) is 11.9 Å². The predicted molar refractivity (Wildman–Crippen MR) is 83.4 cm³/mol. The molecule has 0 aliphatic carbocycles. The number of rotatable bonds is 8. The van der Waals surface area contributed by atoms with Crippen molar-refractivity contribution < 1.29 is 31.9 Å². The van der Waals surface area contributed by atoms with E-state index in [1.165, 1.54) is 6.92 Å². The van der Waals surface area contributed by atoms with Crippen molar-refractivity contribution in [3.05, 3.63) is 35.1 Å². The van der Waals surface area contributed by atoms with E-state index >= 15 is 0 Å². The molecule has 0 spiro atoms. The van der Waals surface area contributed by atoms with Gasteiger partial charge in [0.05, 0.1) is 17.7 Å². The fourth-order valence-corrected chi connectivity index (χ4v) is 2.11. The molecule has 25 heavy (non-hydrogen) atoms. The maximum absolute atomic E-state index is 13.2. The van der Waals surface area contributed by atoms with E-state index in [1.807, 2.05) is 6.92 Å². The van der Waals surface area contributed by atoms with Gasteiger partial charge in [-0.25, -0.2) is 9.18 Å². The Bertz CT molecular complexity index is 602. The Balaban J connectivity index is 2.69. The van der Waals surface area contributed by atoms with E-state index in [1.54, 1.807) is 0 Å². The van der Waals surface area contributed by atoms with E-state index in [-0.39, 0.29) is 6.61 Å². The number of halogens is 4. The maximum Gasteiger partial charge on any atom is 0.417 e. The smallest absolute Gasteiger partial charge is 0.417 e. The van der Waals surface area contributed by atoms with Gasteiger partial charge in [-0.3, -0.25) is 4.79 Å². The van der Waals surface area contributed by atoms with Crippen LogP contribution < -0.4 is 5.32 Å². The molecule has 140 valence electrons. The fraction of sp³-hybridized carbons (Fsp3) is 0.529. The number of nitrogens with one attached hydrogen (secondary N) is 1. The quantitative estimate of drug-likeness (QED) is 0.430. The molecule has 1 rings (SSSR count). The van der Waals surface area contributed by atoms with Crippen molar-refractivity contribution in [2.75, 3.05) is 6.61 Å². The lowest BCUT2D eigenvalue weighted by atomic mass is 10.1. The first-order valence-corrected chi connectivity index (χ1v) is 8.01. The van der Waals surface area contributed by atoms with Crippen LogP contribution in [0.2, 0.25) is 0 Å². The highest BCUT2D eigenvalue weighted by Crippen LogP contribution is 2.32. The third-order valence-corrected chi connectivity index (χ3v) is 3.48. The van der Waals surface area contributed by atoms with Crippen LogP contribution in [-0.2, 0) is 15.7 Å². The number of alkyl halides is 3. The molecule has 0 aliphatic rings. The summed E-state index contributed by atoms with van der Waals surface area (Å²) in [5.41, 5.74) is -2.15. The third-order valence-electron chi connectivity index (χ3n) is 3.48. The zero-order valence-electron chi connectivity index (χ0n) is 14.1. The molecule has 1 unspecified atom stereocenters. The predicted octanol–water partition coefficient (Wildman–Crippen LogP) is 4.09. The van der Waals surface area contributed by atoms with Gasteiger partial charge in [-0.05, 0) is 31.5 Å². The van der Waals surface area contributed by atoms with E-state index in [2.05, 4.69) is 5.32 Å². The van der Waals surface area contributed by atoms with E-state index in [9.17, 15) is 27.2 Å². The number of ether oxygens (including phenoxy) is 1. The lowest BCUT2D eigenvalue weighted by molar-refractivity contribution is -0.145. The van der Waals surface area contributed by atoms with Gasteiger partial charge < -0.3 is 10.1 Å². The van der Waals surface area contributed by atoms with Gasteiger partial charge in [-0.1, -0.05) is 26.2 Å². The fourth-order valence-electron chi connectivity index (χ4n) is 2.11. The monoisotopic (exact) mass is 363 g/mol. The van der Waals surface area contributed by atoms with Crippen LogP contribution in [0.1, 0.15) is 55.5 Å². The summed E-state index contributed by atoms with van der Waals surface area (Å²) in [6, 6.07) is 0.443. The summed E-state index contributed by atoms with van der Waals surface area (Å²) in [7, 11) is 0. The average Bonchev–Trinajstić information content (AvgIpc) is 2.53. The van der Waals surface area contributed by atoms with Crippen LogP contribution in [-0.4, -0.2) is 24.5 Å². The normalized spacial score (nSPS) is 12.6. The Morgan fingerprint density at radius 3 is 2.48 bits per heavy atom. The summed E-state index contributed by atoms with van der Waals surface area (Å²) < 4.78 is 56.9. The highest BCUT2D eigenvalue weighted by atomic mass is 19.4. The molecule has 0 saturated heterocycles. The minimum Gasteiger partial charge on any atom is -0.464 e. The minimum atomic E-state index is -4.82. The molecule has 4 nitrogen and oxygen atoms in total. The molecule has 1 atom stereocenters. The summed E-state index contributed by atoms with van der Waals surface area (Å²) in [6.45, 7) is 3.50. The van der Waals surface area contributed by atoms with Gasteiger partial charge in [-0.15, -0.1) is 0 Å². The SMILES string of the molecule is CCCCCCOC(=O)C(C)NC(=O)c1cc(F)ccc1C(F)(F)F. The Labute approximate surface area is 143 Å². The van der Waals surface area contributed by atoms with E-state index in [0.29, 0.717) is 24.6 Å². The Morgan fingerprint density at radius 1 is 1.20 bits per heavy atom. The number of esters is 1. The molecule has 1 aromatic carbocycles. The molecular formula is C17H21F4NO3. The first kappa shape index (κ1) is 20.9. The molecule has 0 aromatic heterocycles. The first-order valence-electron chi connectivity index (χ1n) is 8.01. The highest BCUT2D eigenvalue weighted by molar-refractivity contribution is 5.98. The number of benzene rings is 1. The van der Waals surface area contributed by atoms with Crippen molar-refractivity contribution in [2.24, 2.45) is 0 Å². The van der Waals surface area contributed by atoms with Crippen LogP contribution in [0.25, 0.3) is 0 Å². The van der Waals surface area contributed by atoms with Gasteiger partial charge in [0, 0.05) is 0 Å². The molecule has 0 fully saturated rings. The number of hydrogen-bond donors (Lipinski definition) is 1. The van der Waals surface area contributed by atoms with Crippen LogP contribution in [0.5, 0.6) is 0 Å². The number of unbranched alkanes of at least 4 members (excludes halogenated alkanes) is 3. The second-order valence-electron chi connectivity index (χ2n) is 5.61. The average molecular weight is 363 g/mol. The maximum atomic E-state index is 13.2.